The van der Waals surface area contributed by atoms with Gasteiger partial charge in [-0.15, -0.1) is 5.10 Å². The Kier molecular flexibility index (Phi) is 3.59. The van der Waals surface area contributed by atoms with Crippen molar-refractivity contribution < 1.29 is 13.2 Å². The molecule has 0 saturated carbocycles. The molecular weight excluding hydrogens is 309 g/mol. The summed E-state index contributed by atoms with van der Waals surface area (Å²) in [6, 6.07) is 6.28. The number of hydrogen-bond donors (Lipinski definition) is 0. The Labute approximate surface area is 128 Å². The van der Waals surface area contributed by atoms with Crippen LogP contribution in [0.2, 0.25) is 0 Å². The van der Waals surface area contributed by atoms with Crippen molar-refractivity contribution in [1.29, 1.82) is 0 Å². The molecule has 0 spiro atoms. The fourth-order valence-corrected chi connectivity index (χ4v) is 2.37. The second-order valence-electron chi connectivity index (χ2n) is 4.84. The lowest BCUT2D eigenvalue weighted by Crippen LogP contribution is -2.24. The van der Waals surface area contributed by atoms with Crippen LogP contribution in [0.1, 0.15) is 18.2 Å². The quantitative estimate of drug-likeness (QED) is 0.728. The van der Waals surface area contributed by atoms with Gasteiger partial charge >= 0.3 is 11.9 Å². The van der Waals surface area contributed by atoms with Gasteiger partial charge in [-0.3, -0.25) is 0 Å². The lowest BCUT2D eigenvalue weighted by molar-refractivity contribution is -0.137. The second-order valence-corrected chi connectivity index (χ2v) is 4.84. The van der Waals surface area contributed by atoms with E-state index in [4.69, 9.17) is 0 Å². The molecule has 3 aromatic rings. The predicted octanol–water partition coefficient (Wildman–Crippen LogP) is 2.76. The van der Waals surface area contributed by atoms with Crippen molar-refractivity contribution in [2.24, 2.45) is 0 Å². The molecule has 0 atom stereocenters. The average molecular weight is 320 g/mol. The van der Waals surface area contributed by atoms with Crippen LogP contribution in [0.15, 0.2) is 41.3 Å². The van der Waals surface area contributed by atoms with Crippen molar-refractivity contribution in [1.82, 2.24) is 19.7 Å². The van der Waals surface area contributed by atoms with Crippen molar-refractivity contribution in [3.05, 3.63) is 58.3 Å². The zero-order chi connectivity index (χ0) is 16.6. The van der Waals surface area contributed by atoms with E-state index in [-0.39, 0.29) is 11.3 Å². The van der Waals surface area contributed by atoms with Gasteiger partial charge in [0.1, 0.15) is 0 Å². The molecule has 0 saturated heterocycles. The molecule has 2 aromatic heterocycles. The first-order chi connectivity index (χ1) is 10.9. The second kappa shape index (κ2) is 5.45. The van der Waals surface area contributed by atoms with Gasteiger partial charge in [-0.1, -0.05) is 13.0 Å². The Morgan fingerprint density at radius 2 is 2.00 bits per heavy atom. The molecule has 1 aromatic carbocycles. The van der Waals surface area contributed by atoms with Crippen LogP contribution in [0.25, 0.3) is 16.7 Å². The van der Waals surface area contributed by atoms with Gasteiger partial charge in [-0.25, -0.2) is 9.36 Å². The molecular formula is C15H11F3N4O. The van der Waals surface area contributed by atoms with Gasteiger partial charge in [0.25, 0.3) is 0 Å². The number of alkyl halides is 3. The van der Waals surface area contributed by atoms with Crippen LogP contribution in [0, 0.1) is 0 Å². The molecule has 0 N–H and O–H groups in total. The minimum atomic E-state index is -4.51. The molecule has 0 radical (unpaired) electrons. The van der Waals surface area contributed by atoms with Crippen LogP contribution in [0.3, 0.4) is 0 Å². The molecule has 0 aliphatic rings. The minimum absolute atomic E-state index is 0.108. The number of hydrogen-bond acceptors (Lipinski definition) is 4. The third kappa shape index (κ3) is 2.67. The van der Waals surface area contributed by atoms with Gasteiger partial charge < -0.3 is 0 Å². The predicted molar refractivity (Wildman–Crippen MR) is 77.3 cm³/mol. The summed E-state index contributed by atoms with van der Waals surface area (Å²) in [5, 5.41) is 7.94. The number of aryl methyl sites for hydroxylation is 1. The van der Waals surface area contributed by atoms with Crippen LogP contribution in [-0.4, -0.2) is 19.7 Å². The van der Waals surface area contributed by atoms with Gasteiger partial charge in [-0.2, -0.15) is 23.3 Å². The molecule has 2 heterocycles. The molecule has 0 fully saturated rings. The van der Waals surface area contributed by atoms with E-state index in [1.807, 2.05) is 0 Å². The molecule has 23 heavy (non-hydrogen) atoms. The van der Waals surface area contributed by atoms with Crippen molar-refractivity contribution in [2.45, 2.75) is 19.5 Å². The highest BCUT2D eigenvalue weighted by Gasteiger charge is 2.31. The lowest BCUT2D eigenvalue weighted by Gasteiger charge is -2.13. The monoisotopic (exact) mass is 320 g/mol. The number of aromatic nitrogens is 4. The molecule has 0 aliphatic heterocycles. The average Bonchev–Trinajstić information content (AvgIpc) is 2.53. The number of fused-ring (bicyclic) bond motifs is 1. The fourth-order valence-electron chi connectivity index (χ4n) is 2.37. The van der Waals surface area contributed by atoms with Gasteiger partial charge in [-0.05, 0) is 30.7 Å². The topological polar surface area (TPSA) is 60.7 Å². The number of nitrogens with zero attached hydrogens (tertiary/aromatic N) is 4. The number of benzene rings is 1. The van der Waals surface area contributed by atoms with E-state index in [1.165, 1.54) is 18.3 Å². The molecule has 3 rings (SSSR count). The first-order valence-electron chi connectivity index (χ1n) is 6.82. The highest BCUT2D eigenvalue weighted by Crippen LogP contribution is 2.32. The van der Waals surface area contributed by atoms with E-state index in [0.717, 1.165) is 16.7 Å². The van der Waals surface area contributed by atoms with Gasteiger partial charge in [0, 0.05) is 11.6 Å². The third-order valence-electron chi connectivity index (χ3n) is 3.42. The Bertz CT molecular complexity index is 920. The zero-order valence-corrected chi connectivity index (χ0v) is 12.0. The van der Waals surface area contributed by atoms with Crippen molar-refractivity contribution in [3.8, 4) is 5.82 Å². The van der Waals surface area contributed by atoms with Gasteiger partial charge in [0.15, 0.2) is 5.82 Å². The van der Waals surface area contributed by atoms with Crippen LogP contribution < -0.4 is 5.69 Å². The summed E-state index contributed by atoms with van der Waals surface area (Å²) in [7, 11) is 0. The van der Waals surface area contributed by atoms with Gasteiger partial charge in [0.05, 0.1) is 16.8 Å². The molecule has 0 aliphatic carbocycles. The largest absolute Gasteiger partial charge is 0.416 e. The summed E-state index contributed by atoms with van der Waals surface area (Å²) in [6.07, 6.45) is -2.67. The Hall–Kier alpha value is -2.77. The fraction of sp³-hybridized carbons (Fsp3) is 0.200. The lowest BCUT2D eigenvalue weighted by atomic mass is 10.1. The zero-order valence-electron chi connectivity index (χ0n) is 12.0. The highest BCUT2D eigenvalue weighted by molar-refractivity contribution is 5.83. The summed E-state index contributed by atoms with van der Waals surface area (Å²) in [5.74, 6) is 0.122. The maximum absolute atomic E-state index is 13.0. The van der Waals surface area contributed by atoms with Crippen LogP contribution in [-0.2, 0) is 12.6 Å². The molecule has 118 valence electrons. The van der Waals surface area contributed by atoms with E-state index < -0.39 is 17.4 Å². The van der Waals surface area contributed by atoms with E-state index in [9.17, 15) is 18.0 Å². The first kappa shape index (κ1) is 15.1. The van der Waals surface area contributed by atoms with Crippen molar-refractivity contribution >= 4 is 10.9 Å². The maximum Gasteiger partial charge on any atom is 0.416 e. The molecule has 0 amide bonds. The van der Waals surface area contributed by atoms with Gasteiger partial charge in [0.2, 0.25) is 0 Å². The highest BCUT2D eigenvalue weighted by atomic mass is 19.4. The smallest absolute Gasteiger partial charge is 0.245 e. The van der Waals surface area contributed by atoms with Crippen LogP contribution in [0.5, 0.6) is 0 Å². The third-order valence-corrected chi connectivity index (χ3v) is 3.42. The summed E-state index contributed by atoms with van der Waals surface area (Å²) in [6.45, 7) is 1.78. The van der Waals surface area contributed by atoms with Crippen molar-refractivity contribution in [3.63, 3.8) is 0 Å². The normalized spacial score (nSPS) is 11.8. The maximum atomic E-state index is 13.0. The van der Waals surface area contributed by atoms with E-state index in [1.54, 1.807) is 13.0 Å². The Morgan fingerprint density at radius 3 is 2.61 bits per heavy atom. The first-order valence-corrected chi connectivity index (χ1v) is 6.82. The molecule has 8 heteroatoms. The summed E-state index contributed by atoms with van der Waals surface area (Å²) >= 11 is 0. The van der Waals surface area contributed by atoms with Crippen LogP contribution >= 0.6 is 0 Å². The molecule has 0 unspecified atom stereocenters. The number of halogens is 3. The summed E-state index contributed by atoms with van der Waals surface area (Å²) < 4.78 is 40.0. The Balaban J connectivity index is 2.43. The molecule has 0 bridgehead atoms. The summed E-state index contributed by atoms with van der Waals surface area (Å²) in [4.78, 5) is 16.2. The standard InChI is InChI=1S/C15H11F3N4O/c1-2-11-10-6-5-9(15(16,17)18)8-12(10)22(14(23)20-11)13-4-3-7-19-21-13/h3-8H,2H2,1H3. The Morgan fingerprint density at radius 1 is 1.22 bits per heavy atom. The summed E-state index contributed by atoms with van der Waals surface area (Å²) in [5.41, 5.74) is -0.972. The van der Waals surface area contributed by atoms with Crippen LogP contribution in [0.4, 0.5) is 13.2 Å². The molecule has 5 nitrogen and oxygen atoms in total. The minimum Gasteiger partial charge on any atom is -0.245 e. The van der Waals surface area contributed by atoms with E-state index in [2.05, 4.69) is 15.2 Å². The number of rotatable bonds is 2. The van der Waals surface area contributed by atoms with E-state index >= 15 is 0 Å². The SMILES string of the molecule is CCc1nc(=O)n(-c2cccnn2)c2cc(C(F)(F)F)ccc12. The van der Waals surface area contributed by atoms with E-state index in [0.29, 0.717) is 17.5 Å². The van der Waals surface area contributed by atoms with Crippen molar-refractivity contribution in [2.75, 3.05) is 0 Å².